The van der Waals surface area contributed by atoms with E-state index in [4.69, 9.17) is 4.74 Å². The summed E-state index contributed by atoms with van der Waals surface area (Å²) in [6.45, 7) is 15.5. The third kappa shape index (κ3) is 4.83. The second-order valence-electron chi connectivity index (χ2n) is 6.74. The molecule has 3 nitrogen and oxygen atoms in total. The molecule has 3 heteroatoms. The van der Waals surface area contributed by atoms with Gasteiger partial charge in [0.05, 0.1) is 0 Å². The molecule has 0 fully saturated rings. The number of hydrogen-bond acceptors (Lipinski definition) is 2. The van der Waals surface area contributed by atoms with Gasteiger partial charge in [-0.2, -0.15) is 0 Å². The van der Waals surface area contributed by atoms with E-state index in [2.05, 4.69) is 18.5 Å². The van der Waals surface area contributed by atoms with Crippen molar-refractivity contribution in [1.29, 1.82) is 0 Å². The van der Waals surface area contributed by atoms with Gasteiger partial charge >= 0.3 is 6.09 Å². The van der Waals surface area contributed by atoms with Gasteiger partial charge in [-0.05, 0) is 56.5 Å². The fourth-order valence-corrected chi connectivity index (χ4v) is 2.45. The number of rotatable bonds is 5. The second-order valence-corrected chi connectivity index (χ2v) is 6.74. The molecule has 25 heavy (non-hydrogen) atoms. The van der Waals surface area contributed by atoms with Gasteiger partial charge in [-0.25, -0.2) is 4.79 Å². The molecule has 0 spiro atoms. The van der Waals surface area contributed by atoms with E-state index in [-0.39, 0.29) is 0 Å². The lowest BCUT2D eigenvalue weighted by Gasteiger charge is -2.26. The Kier molecular flexibility index (Phi) is 5.48. The molecule has 0 radical (unpaired) electrons. The summed E-state index contributed by atoms with van der Waals surface area (Å²) in [5, 5.41) is 2.78. The smallest absolute Gasteiger partial charge is 0.412 e. The zero-order valence-corrected chi connectivity index (χ0v) is 15.3. The van der Waals surface area contributed by atoms with Crippen LogP contribution in [0.25, 0.3) is 11.1 Å². The quantitative estimate of drug-likeness (QED) is 0.702. The van der Waals surface area contributed by atoms with E-state index >= 15 is 0 Å². The van der Waals surface area contributed by atoms with E-state index in [1.165, 1.54) is 0 Å². The highest BCUT2D eigenvalue weighted by Gasteiger charge is 2.25. The van der Waals surface area contributed by atoms with Crippen molar-refractivity contribution in [3.05, 3.63) is 78.4 Å². The van der Waals surface area contributed by atoms with Gasteiger partial charge in [-0.3, -0.25) is 5.32 Å². The number of amides is 1. The molecule has 0 bridgehead atoms. The van der Waals surface area contributed by atoms with Gasteiger partial charge in [0.2, 0.25) is 0 Å². The number of ether oxygens (including phenoxy) is 1. The molecule has 0 aliphatic carbocycles. The molecular weight excluding hydrogens is 310 g/mol. The molecular formula is C22H25NO2. The molecule has 1 N–H and O–H groups in total. The third-order valence-electron chi connectivity index (χ3n) is 4.02. The summed E-state index contributed by atoms with van der Waals surface area (Å²) < 4.78 is 5.63. The zero-order chi connectivity index (χ0) is 18.6. The molecule has 0 heterocycles. The summed E-state index contributed by atoms with van der Waals surface area (Å²) in [6.07, 6.45) is -0.493. The Labute approximate surface area is 150 Å². The van der Waals surface area contributed by atoms with Crippen LogP contribution >= 0.6 is 0 Å². The Hall–Kier alpha value is -2.81. The molecule has 0 aliphatic rings. The lowest BCUT2D eigenvalue weighted by Crippen LogP contribution is -2.28. The summed E-state index contributed by atoms with van der Waals surface area (Å²) >= 11 is 0. The maximum absolute atomic E-state index is 12.3. The summed E-state index contributed by atoms with van der Waals surface area (Å²) in [6, 6.07) is 15.4. The van der Waals surface area contributed by atoms with Gasteiger partial charge in [-0.1, -0.05) is 60.7 Å². The highest BCUT2D eigenvalue weighted by Crippen LogP contribution is 2.27. The first-order valence-electron chi connectivity index (χ1n) is 8.21. The first kappa shape index (κ1) is 18.5. The number of anilines is 1. The fraction of sp³-hybridized carbons (Fsp3) is 0.227. The Morgan fingerprint density at radius 3 is 2.12 bits per heavy atom. The van der Waals surface area contributed by atoms with Crippen LogP contribution in [0.4, 0.5) is 10.5 Å². The maximum atomic E-state index is 12.3. The van der Waals surface area contributed by atoms with E-state index in [9.17, 15) is 4.79 Å². The van der Waals surface area contributed by atoms with Crippen LogP contribution in [0.3, 0.4) is 0 Å². The first-order valence-corrected chi connectivity index (χ1v) is 8.21. The maximum Gasteiger partial charge on any atom is 0.412 e. The summed E-state index contributed by atoms with van der Waals surface area (Å²) in [4.78, 5) is 12.3. The largest absolute Gasteiger partial charge is 0.438 e. The van der Waals surface area contributed by atoms with Crippen LogP contribution in [0.2, 0.25) is 0 Å². The predicted octanol–water partition coefficient (Wildman–Crippen LogP) is 6.24. The fourth-order valence-electron chi connectivity index (χ4n) is 2.45. The standard InChI is InChI=1S/C22H25NO2/c1-15(2)17-10-12-19(13-11-17)22(5,6)25-21(24)23-20-9-7-8-18(14-20)16(3)4/h7-14H,1,3H2,2,4-6H3,(H,23,24). The molecule has 0 aliphatic heterocycles. The first-order chi connectivity index (χ1) is 11.7. The molecule has 0 saturated carbocycles. The molecule has 2 rings (SSSR count). The molecule has 130 valence electrons. The van der Waals surface area contributed by atoms with Crippen molar-refractivity contribution in [1.82, 2.24) is 0 Å². The van der Waals surface area contributed by atoms with Gasteiger partial charge < -0.3 is 4.74 Å². The van der Waals surface area contributed by atoms with E-state index in [0.717, 1.165) is 27.8 Å². The van der Waals surface area contributed by atoms with Crippen molar-refractivity contribution in [2.45, 2.75) is 33.3 Å². The molecule has 0 saturated heterocycles. The summed E-state index contributed by atoms with van der Waals surface area (Å²) in [5.74, 6) is 0. The minimum absolute atomic E-state index is 0.493. The Morgan fingerprint density at radius 2 is 1.56 bits per heavy atom. The normalized spacial score (nSPS) is 10.9. The topological polar surface area (TPSA) is 38.3 Å². The minimum Gasteiger partial charge on any atom is -0.438 e. The van der Waals surface area contributed by atoms with Crippen molar-refractivity contribution in [3.63, 3.8) is 0 Å². The van der Waals surface area contributed by atoms with Crippen molar-refractivity contribution in [3.8, 4) is 0 Å². The highest BCUT2D eigenvalue weighted by molar-refractivity contribution is 5.85. The molecule has 0 aromatic heterocycles. The molecule has 1 amide bonds. The lowest BCUT2D eigenvalue weighted by molar-refractivity contribution is 0.0466. The Morgan fingerprint density at radius 1 is 0.960 bits per heavy atom. The average molecular weight is 335 g/mol. The minimum atomic E-state index is -0.746. The number of benzene rings is 2. The van der Waals surface area contributed by atoms with Gasteiger partial charge in [0.25, 0.3) is 0 Å². The van der Waals surface area contributed by atoms with E-state index in [0.29, 0.717) is 5.69 Å². The van der Waals surface area contributed by atoms with Crippen LogP contribution in [-0.4, -0.2) is 6.09 Å². The van der Waals surface area contributed by atoms with Crippen LogP contribution in [0, 0.1) is 0 Å². The van der Waals surface area contributed by atoms with Crippen molar-refractivity contribution >= 4 is 22.9 Å². The molecule has 0 atom stereocenters. The molecule has 2 aromatic carbocycles. The zero-order valence-electron chi connectivity index (χ0n) is 15.3. The van der Waals surface area contributed by atoms with Crippen molar-refractivity contribution in [2.24, 2.45) is 0 Å². The average Bonchev–Trinajstić information content (AvgIpc) is 2.54. The third-order valence-corrected chi connectivity index (χ3v) is 4.02. The molecule has 0 unspecified atom stereocenters. The Balaban J connectivity index is 2.09. The summed E-state index contributed by atoms with van der Waals surface area (Å²) in [7, 11) is 0. The monoisotopic (exact) mass is 335 g/mol. The summed E-state index contributed by atoms with van der Waals surface area (Å²) in [5.41, 5.74) is 4.84. The van der Waals surface area contributed by atoms with Crippen LogP contribution in [0.5, 0.6) is 0 Å². The number of carbonyl (C=O) groups is 1. The van der Waals surface area contributed by atoms with Crippen molar-refractivity contribution in [2.75, 3.05) is 5.32 Å². The van der Waals surface area contributed by atoms with E-state index < -0.39 is 11.7 Å². The van der Waals surface area contributed by atoms with Gasteiger partial charge in [0.1, 0.15) is 5.60 Å². The van der Waals surface area contributed by atoms with E-state index in [1.54, 1.807) is 0 Å². The van der Waals surface area contributed by atoms with E-state index in [1.807, 2.05) is 76.2 Å². The lowest BCUT2D eigenvalue weighted by atomic mass is 9.96. The van der Waals surface area contributed by atoms with Crippen LogP contribution in [0.15, 0.2) is 61.7 Å². The molecule has 2 aromatic rings. The van der Waals surface area contributed by atoms with Gasteiger partial charge in [0.15, 0.2) is 0 Å². The highest BCUT2D eigenvalue weighted by atomic mass is 16.6. The number of hydrogen-bond donors (Lipinski definition) is 1. The Bertz CT molecular complexity index is 801. The van der Waals surface area contributed by atoms with Gasteiger partial charge in [-0.15, -0.1) is 0 Å². The predicted molar refractivity (Wildman–Crippen MR) is 105 cm³/mol. The SMILES string of the molecule is C=C(C)c1ccc(C(C)(C)OC(=O)Nc2cccc(C(=C)C)c2)cc1. The van der Waals surface area contributed by atoms with Crippen LogP contribution < -0.4 is 5.32 Å². The van der Waals surface area contributed by atoms with Crippen LogP contribution in [0.1, 0.15) is 44.4 Å². The number of nitrogens with one attached hydrogen (secondary N) is 1. The second kappa shape index (κ2) is 7.39. The van der Waals surface area contributed by atoms with Gasteiger partial charge in [0, 0.05) is 5.69 Å². The number of carbonyl (C=O) groups excluding carboxylic acids is 1. The van der Waals surface area contributed by atoms with Crippen LogP contribution in [-0.2, 0) is 10.3 Å². The van der Waals surface area contributed by atoms with Crippen molar-refractivity contribution < 1.29 is 9.53 Å². The number of allylic oxidation sites excluding steroid dienone is 2.